The smallest absolute Gasteiger partial charge is 0.335 e. The molecule has 1 aromatic heterocycles. The van der Waals surface area contributed by atoms with Crippen molar-refractivity contribution in [3.8, 4) is 34.3 Å². The molecule has 0 amide bonds. The van der Waals surface area contributed by atoms with Crippen molar-refractivity contribution in [2.75, 3.05) is 7.11 Å². The van der Waals surface area contributed by atoms with Gasteiger partial charge < -0.3 is 19.5 Å². The number of aromatic nitrogens is 2. The van der Waals surface area contributed by atoms with Crippen LogP contribution in [0.4, 0.5) is 0 Å². The van der Waals surface area contributed by atoms with Crippen LogP contribution in [0.2, 0.25) is 0 Å². The average Bonchev–Trinajstić information content (AvgIpc) is 3.04. The van der Waals surface area contributed by atoms with Gasteiger partial charge in [-0.1, -0.05) is 17.3 Å². The number of aromatic hydroxyl groups is 1. The Morgan fingerprint density at radius 1 is 1.17 bits per heavy atom. The van der Waals surface area contributed by atoms with E-state index >= 15 is 0 Å². The van der Waals surface area contributed by atoms with Crippen LogP contribution in [0.5, 0.6) is 11.5 Å². The molecule has 3 rings (SSSR count). The Labute approximate surface area is 130 Å². The van der Waals surface area contributed by atoms with Crippen molar-refractivity contribution >= 4 is 5.97 Å². The third-order valence-electron chi connectivity index (χ3n) is 3.25. The highest BCUT2D eigenvalue weighted by atomic mass is 16.5. The van der Waals surface area contributed by atoms with E-state index in [1.165, 1.54) is 25.3 Å². The van der Waals surface area contributed by atoms with E-state index in [2.05, 4.69) is 10.1 Å². The molecule has 0 spiro atoms. The van der Waals surface area contributed by atoms with Crippen molar-refractivity contribution in [1.82, 2.24) is 10.1 Å². The molecule has 0 radical (unpaired) electrons. The maximum atomic E-state index is 11.0. The van der Waals surface area contributed by atoms with E-state index < -0.39 is 5.97 Å². The Hall–Kier alpha value is -3.35. The Kier molecular flexibility index (Phi) is 3.68. The summed E-state index contributed by atoms with van der Waals surface area (Å²) in [5, 5.41) is 22.8. The quantitative estimate of drug-likeness (QED) is 0.763. The molecule has 0 fully saturated rings. The molecule has 0 atom stereocenters. The second kappa shape index (κ2) is 5.80. The fourth-order valence-electron chi connectivity index (χ4n) is 2.11. The van der Waals surface area contributed by atoms with Crippen molar-refractivity contribution < 1.29 is 24.3 Å². The highest BCUT2D eigenvalue weighted by molar-refractivity contribution is 5.90. The van der Waals surface area contributed by atoms with E-state index in [0.29, 0.717) is 11.3 Å². The van der Waals surface area contributed by atoms with Gasteiger partial charge in [-0.2, -0.15) is 4.98 Å². The average molecular weight is 312 g/mol. The van der Waals surface area contributed by atoms with E-state index in [1.54, 1.807) is 18.2 Å². The van der Waals surface area contributed by atoms with Crippen LogP contribution >= 0.6 is 0 Å². The summed E-state index contributed by atoms with van der Waals surface area (Å²) in [6, 6.07) is 11.0. The maximum absolute atomic E-state index is 11.0. The number of phenolic OH excluding ortho intramolecular Hbond substituents is 1. The monoisotopic (exact) mass is 312 g/mol. The number of ether oxygens (including phenoxy) is 1. The predicted molar refractivity (Wildman–Crippen MR) is 80.3 cm³/mol. The number of carboxylic acid groups (broad SMARTS) is 1. The van der Waals surface area contributed by atoms with Crippen molar-refractivity contribution in [2.24, 2.45) is 0 Å². The number of nitrogens with zero attached hydrogens (tertiary/aromatic N) is 2. The second-order valence-electron chi connectivity index (χ2n) is 4.66. The molecule has 0 saturated heterocycles. The van der Waals surface area contributed by atoms with Gasteiger partial charge in [0.25, 0.3) is 5.89 Å². The number of carbonyl (C=O) groups is 1. The van der Waals surface area contributed by atoms with E-state index in [4.69, 9.17) is 14.4 Å². The first kappa shape index (κ1) is 14.6. The zero-order valence-electron chi connectivity index (χ0n) is 12.1. The normalized spacial score (nSPS) is 10.5. The number of carboxylic acids is 1. The standard InChI is InChI=1S/C16H12N2O5/c1-22-13-5-3-2-4-10(13)15-17-14(18-23-15)11-8-9(16(20)21)6-7-12(11)19/h2-8,19H,1H3,(H,20,21). The number of methoxy groups -OCH3 is 1. The number of hydrogen-bond donors (Lipinski definition) is 2. The summed E-state index contributed by atoms with van der Waals surface area (Å²) in [6.07, 6.45) is 0. The number of hydrogen-bond acceptors (Lipinski definition) is 6. The summed E-state index contributed by atoms with van der Waals surface area (Å²) in [5.41, 5.74) is 0.791. The molecule has 1 heterocycles. The Bertz CT molecular complexity index is 872. The predicted octanol–water partition coefficient (Wildman–Crippen LogP) is 2.82. The van der Waals surface area contributed by atoms with Gasteiger partial charge in [-0.15, -0.1) is 0 Å². The summed E-state index contributed by atoms with van der Waals surface area (Å²) in [5.74, 6) is -0.391. The van der Waals surface area contributed by atoms with Crippen molar-refractivity contribution in [2.45, 2.75) is 0 Å². The van der Waals surface area contributed by atoms with Crippen LogP contribution < -0.4 is 4.74 Å². The van der Waals surface area contributed by atoms with Gasteiger partial charge in [-0.3, -0.25) is 0 Å². The number of para-hydroxylation sites is 1. The van der Waals surface area contributed by atoms with Gasteiger partial charge in [0.15, 0.2) is 0 Å². The molecule has 116 valence electrons. The van der Waals surface area contributed by atoms with Crippen molar-refractivity contribution in [1.29, 1.82) is 0 Å². The molecule has 2 N–H and O–H groups in total. The molecule has 0 aliphatic heterocycles. The summed E-state index contributed by atoms with van der Waals surface area (Å²) in [6.45, 7) is 0. The molecule has 7 nitrogen and oxygen atoms in total. The largest absolute Gasteiger partial charge is 0.507 e. The minimum atomic E-state index is -1.11. The van der Waals surface area contributed by atoms with Gasteiger partial charge in [0.2, 0.25) is 5.82 Å². The van der Waals surface area contributed by atoms with E-state index in [-0.39, 0.29) is 28.6 Å². The fraction of sp³-hybridized carbons (Fsp3) is 0.0625. The third kappa shape index (κ3) is 2.71. The topological polar surface area (TPSA) is 106 Å². The Balaban J connectivity index is 2.06. The van der Waals surface area contributed by atoms with Gasteiger partial charge in [-0.25, -0.2) is 4.79 Å². The lowest BCUT2D eigenvalue weighted by Crippen LogP contribution is -1.96. The maximum Gasteiger partial charge on any atom is 0.335 e. The lowest BCUT2D eigenvalue weighted by Gasteiger charge is -2.03. The van der Waals surface area contributed by atoms with Crippen molar-refractivity contribution in [3.05, 3.63) is 48.0 Å². The highest BCUT2D eigenvalue weighted by Crippen LogP contribution is 2.32. The first-order valence-electron chi connectivity index (χ1n) is 6.64. The minimum absolute atomic E-state index is 0.0152. The zero-order chi connectivity index (χ0) is 16.4. The third-order valence-corrected chi connectivity index (χ3v) is 3.25. The summed E-state index contributed by atoms with van der Waals surface area (Å²) in [4.78, 5) is 15.3. The van der Waals surface area contributed by atoms with Crippen LogP contribution in [-0.4, -0.2) is 33.4 Å². The number of benzene rings is 2. The van der Waals surface area contributed by atoms with E-state index in [0.717, 1.165) is 0 Å². The molecule has 0 saturated carbocycles. The van der Waals surface area contributed by atoms with Gasteiger partial charge in [-0.05, 0) is 30.3 Å². The lowest BCUT2D eigenvalue weighted by molar-refractivity contribution is 0.0697. The SMILES string of the molecule is COc1ccccc1-c1nc(-c2cc(C(=O)O)ccc2O)no1. The summed E-state index contributed by atoms with van der Waals surface area (Å²) >= 11 is 0. The second-order valence-corrected chi connectivity index (χ2v) is 4.66. The van der Waals surface area contributed by atoms with Gasteiger partial charge >= 0.3 is 5.97 Å². The van der Waals surface area contributed by atoms with Crippen LogP contribution in [-0.2, 0) is 0 Å². The van der Waals surface area contributed by atoms with Crippen LogP contribution in [0.25, 0.3) is 22.8 Å². The molecular formula is C16H12N2O5. The minimum Gasteiger partial charge on any atom is -0.507 e. The molecule has 0 bridgehead atoms. The lowest BCUT2D eigenvalue weighted by atomic mass is 10.1. The molecule has 0 aliphatic carbocycles. The highest BCUT2D eigenvalue weighted by Gasteiger charge is 2.17. The fourth-order valence-corrected chi connectivity index (χ4v) is 2.11. The van der Waals surface area contributed by atoms with Crippen LogP contribution in [0.15, 0.2) is 47.0 Å². The molecule has 2 aromatic carbocycles. The van der Waals surface area contributed by atoms with Crippen molar-refractivity contribution in [3.63, 3.8) is 0 Å². The first-order valence-corrected chi connectivity index (χ1v) is 6.64. The Morgan fingerprint density at radius 3 is 2.70 bits per heavy atom. The van der Waals surface area contributed by atoms with E-state index in [9.17, 15) is 9.90 Å². The molecule has 23 heavy (non-hydrogen) atoms. The molecule has 3 aromatic rings. The van der Waals surface area contributed by atoms with Gasteiger partial charge in [0.05, 0.1) is 23.8 Å². The summed E-state index contributed by atoms with van der Waals surface area (Å²) < 4.78 is 10.4. The van der Waals surface area contributed by atoms with Crippen LogP contribution in [0, 0.1) is 0 Å². The molecular weight excluding hydrogens is 300 g/mol. The van der Waals surface area contributed by atoms with Crippen LogP contribution in [0.3, 0.4) is 0 Å². The molecule has 0 aliphatic rings. The zero-order valence-corrected chi connectivity index (χ0v) is 12.1. The number of phenols is 1. The number of rotatable bonds is 4. The Morgan fingerprint density at radius 2 is 1.96 bits per heavy atom. The van der Waals surface area contributed by atoms with Gasteiger partial charge in [0.1, 0.15) is 11.5 Å². The van der Waals surface area contributed by atoms with Gasteiger partial charge in [0, 0.05) is 0 Å². The summed E-state index contributed by atoms with van der Waals surface area (Å²) in [7, 11) is 1.53. The first-order chi connectivity index (χ1) is 11.1. The number of aromatic carboxylic acids is 1. The van der Waals surface area contributed by atoms with E-state index in [1.807, 2.05) is 6.07 Å². The molecule has 7 heteroatoms. The van der Waals surface area contributed by atoms with Crippen LogP contribution in [0.1, 0.15) is 10.4 Å². The molecule has 0 unspecified atom stereocenters.